The number of ether oxygens (including phenoxy) is 2. The molecule has 0 spiro atoms. The second kappa shape index (κ2) is 13.2. The number of fused-ring (bicyclic) bond motifs is 7. The highest BCUT2D eigenvalue weighted by Gasteiger charge is 2.61. The number of carbonyl (C=O) groups excluding carboxylic acids is 1. The molecule has 7 nitrogen and oxygen atoms in total. The first-order valence-electron chi connectivity index (χ1n) is 16.9. The van der Waals surface area contributed by atoms with Gasteiger partial charge in [-0.1, -0.05) is 45.8 Å². The molecule has 7 heteroatoms. The molecule has 3 N–H and O–H groups in total. The predicted octanol–water partition coefficient (Wildman–Crippen LogP) is 5.26. The Kier molecular flexibility index (Phi) is 10.1. The number of hydrogen-bond acceptors (Lipinski definition) is 6. The van der Waals surface area contributed by atoms with Gasteiger partial charge in [-0.2, -0.15) is 0 Å². The first-order chi connectivity index (χ1) is 19.7. The Morgan fingerprint density at radius 2 is 1.83 bits per heavy atom. The fraction of sp³-hybridized carbons (Fsp3) is 0.912. The smallest absolute Gasteiger partial charge is 0.407 e. The van der Waals surface area contributed by atoms with Gasteiger partial charge in [0.2, 0.25) is 0 Å². The quantitative estimate of drug-likeness (QED) is 0.343. The van der Waals surface area contributed by atoms with E-state index >= 15 is 0 Å². The molecule has 5 rings (SSSR count). The molecule has 0 aromatic rings. The standard InChI is InChI=1S/C34H58N2O5/c1-23-5-6-24(2)31-25(22-40-21-23)19-30-28-8-7-26-20-27(9-11-33(26,3)29(28)10-12-34(30,31)4)41-32(39)35-13-14-36(15-17-37)16-18-38/h7,23-25,27-31,37-38H,5-6,8-22H2,1-4H3,(H,35,39)/t23-,24+,25+,27-,28+,29-,30-,31-,33-,34-/m0/s1. The van der Waals surface area contributed by atoms with E-state index < -0.39 is 0 Å². The SMILES string of the molecule is C[C@H]1CC[C@@H](C)[C@H]2[C@@H](COC1)C[C@H]1[C@@H]3CC=C4C[C@@H](OC(=O)NCCN(CCO)CCO)CC[C@]4(C)[C@H]3CC[C@]21C. The van der Waals surface area contributed by atoms with E-state index in [0.29, 0.717) is 43.4 Å². The van der Waals surface area contributed by atoms with Gasteiger partial charge >= 0.3 is 6.09 Å². The van der Waals surface area contributed by atoms with Gasteiger partial charge in [-0.05, 0) is 97.2 Å². The van der Waals surface area contributed by atoms with E-state index in [-0.39, 0.29) is 30.8 Å². The summed E-state index contributed by atoms with van der Waals surface area (Å²) in [6.07, 6.45) is 12.9. The zero-order valence-electron chi connectivity index (χ0n) is 26.3. The van der Waals surface area contributed by atoms with Crippen LogP contribution in [0.3, 0.4) is 0 Å². The number of allylic oxidation sites excluding steroid dienone is 1. The number of nitrogens with one attached hydrogen (secondary N) is 1. The number of hydrogen-bond donors (Lipinski definition) is 3. The molecule has 0 bridgehead atoms. The highest BCUT2D eigenvalue weighted by Crippen LogP contribution is 2.68. The molecular weight excluding hydrogens is 516 g/mol. The van der Waals surface area contributed by atoms with E-state index in [9.17, 15) is 15.0 Å². The molecule has 234 valence electrons. The van der Waals surface area contributed by atoms with E-state index in [1.807, 2.05) is 4.90 Å². The van der Waals surface area contributed by atoms with Crippen molar-refractivity contribution >= 4 is 6.09 Å². The van der Waals surface area contributed by atoms with Crippen molar-refractivity contribution in [3.63, 3.8) is 0 Å². The molecule has 1 saturated heterocycles. The first-order valence-corrected chi connectivity index (χ1v) is 16.9. The number of nitrogens with zero attached hydrogens (tertiary/aromatic N) is 1. The maximum Gasteiger partial charge on any atom is 0.407 e. The van der Waals surface area contributed by atoms with Gasteiger partial charge in [0.15, 0.2) is 0 Å². The van der Waals surface area contributed by atoms with Crippen LogP contribution in [0.2, 0.25) is 0 Å². The van der Waals surface area contributed by atoms with Crippen LogP contribution in [-0.4, -0.2) is 79.9 Å². The summed E-state index contributed by atoms with van der Waals surface area (Å²) in [5.74, 6) is 5.27. The van der Waals surface area contributed by atoms with E-state index in [4.69, 9.17) is 9.47 Å². The molecule has 1 amide bonds. The van der Waals surface area contributed by atoms with Crippen molar-refractivity contribution < 1.29 is 24.5 Å². The van der Waals surface area contributed by atoms with Crippen molar-refractivity contribution in [2.45, 2.75) is 91.6 Å². The summed E-state index contributed by atoms with van der Waals surface area (Å²) in [7, 11) is 0. The summed E-state index contributed by atoms with van der Waals surface area (Å²) >= 11 is 0. The van der Waals surface area contributed by atoms with Gasteiger partial charge < -0.3 is 25.0 Å². The van der Waals surface area contributed by atoms with E-state index in [1.54, 1.807) is 0 Å². The fourth-order valence-corrected chi connectivity index (χ4v) is 10.6. The largest absolute Gasteiger partial charge is 0.446 e. The minimum atomic E-state index is -0.351. The fourth-order valence-electron chi connectivity index (χ4n) is 10.6. The number of rotatable bonds is 8. The highest BCUT2D eigenvalue weighted by atomic mass is 16.6. The van der Waals surface area contributed by atoms with Crippen molar-refractivity contribution in [2.24, 2.45) is 52.3 Å². The van der Waals surface area contributed by atoms with Gasteiger partial charge in [-0.25, -0.2) is 4.79 Å². The lowest BCUT2D eigenvalue weighted by Crippen LogP contribution is -2.51. The third-order valence-corrected chi connectivity index (χ3v) is 12.6. The normalized spacial score (nSPS) is 42.5. The summed E-state index contributed by atoms with van der Waals surface area (Å²) in [5, 5.41) is 21.2. The van der Waals surface area contributed by atoms with E-state index in [0.717, 1.165) is 62.1 Å². The molecule has 4 fully saturated rings. The summed E-state index contributed by atoms with van der Waals surface area (Å²) < 4.78 is 12.2. The average molecular weight is 575 g/mol. The molecule has 0 aromatic carbocycles. The Morgan fingerprint density at radius 3 is 2.59 bits per heavy atom. The Labute approximate surface area is 248 Å². The van der Waals surface area contributed by atoms with Crippen LogP contribution in [0.25, 0.3) is 0 Å². The molecule has 41 heavy (non-hydrogen) atoms. The van der Waals surface area contributed by atoms with Gasteiger partial charge in [0, 0.05) is 45.8 Å². The summed E-state index contributed by atoms with van der Waals surface area (Å²) in [6.45, 7) is 14.1. The molecule has 5 aliphatic rings. The molecule has 0 radical (unpaired) electrons. The topological polar surface area (TPSA) is 91.3 Å². The minimum Gasteiger partial charge on any atom is -0.446 e. The van der Waals surface area contributed by atoms with E-state index in [2.05, 4.69) is 39.1 Å². The monoisotopic (exact) mass is 574 g/mol. The Morgan fingerprint density at radius 1 is 1.05 bits per heavy atom. The second-order valence-electron chi connectivity index (χ2n) is 15.0. The number of aliphatic hydroxyl groups is 2. The van der Waals surface area contributed by atoms with Crippen LogP contribution in [-0.2, 0) is 9.47 Å². The van der Waals surface area contributed by atoms with Crippen molar-refractivity contribution in [3.8, 4) is 0 Å². The average Bonchev–Trinajstić information content (AvgIpc) is 3.26. The molecule has 10 atom stereocenters. The number of aliphatic hydroxyl groups excluding tert-OH is 2. The molecule has 0 aromatic heterocycles. The van der Waals surface area contributed by atoms with Gasteiger partial charge in [-0.3, -0.25) is 4.90 Å². The van der Waals surface area contributed by atoms with Crippen LogP contribution in [0.5, 0.6) is 0 Å². The van der Waals surface area contributed by atoms with Crippen molar-refractivity contribution in [1.82, 2.24) is 10.2 Å². The lowest BCUT2D eigenvalue weighted by atomic mass is 9.47. The van der Waals surface area contributed by atoms with Crippen molar-refractivity contribution in [1.29, 1.82) is 0 Å². The summed E-state index contributed by atoms with van der Waals surface area (Å²) in [5.41, 5.74) is 2.20. The summed E-state index contributed by atoms with van der Waals surface area (Å²) in [4.78, 5) is 14.5. The molecule has 1 aliphatic heterocycles. The Bertz CT molecular complexity index is 921. The molecule has 4 aliphatic carbocycles. The second-order valence-corrected chi connectivity index (χ2v) is 15.0. The summed E-state index contributed by atoms with van der Waals surface area (Å²) in [6, 6.07) is 0. The van der Waals surface area contributed by atoms with E-state index in [1.165, 1.54) is 44.1 Å². The maximum atomic E-state index is 12.6. The molecule has 0 unspecified atom stereocenters. The Balaban J connectivity index is 1.20. The third-order valence-electron chi connectivity index (χ3n) is 12.6. The minimum absolute atomic E-state index is 0.0380. The predicted molar refractivity (Wildman–Crippen MR) is 161 cm³/mol. The molecule has 1 heterocycles. The van der Waals surface area contributed by atoms with Gasteiger partial charge in [0.25, 0.3) is 0 Å². The van der Waals surface area contributed by atoms with Gasteiger partial charge in [0.1, 0.15) is 6.10 Å². The zero-order chi connectivity index (χ0) is 29.2. The molecular formula is C34H58N2O5. The number of carbonyl (C=O) groups is 1. The third kappa shape index (κ3) is 6.39. The van der Waals surface area contributed by atoms with Crippen molar-refractivity contribution in [2.75, 3.05) is 52.6 Å². The van der Waals surface area contributed by atoms with Crippen molar-refractivity contribution in [3.05, 3.63) is 11.6 Å². The van der Waals surface area contributed by atoms with Crippen LogP contribution >= 0.6 is 0 Å². The van der Waals surface area contributed by atoms with Crippen LogP contribution in [0.4, 0.5) is 4.79 Å². The number of amides is 1. The van der Waals surface area contributed by atoms with Crippen LogP contribution in [0.15, 0.2) is 11.6 Å². The number of alkyl carbamates (subject to hydrolysis) is 1. The van der Waals surface area contributed by atoms with Gasteiger partial charge in [0.05, 0.1) is 13.2 Å². The maximum absolute atomic E-state index is 12.6. The lowest BCUT2D eigenvalue weighted by Gasteiger charge is -2.58. The van der Waals surface area contributed by atoms with Crippen LogP contribution in [0.1, 0.15) is 85.5 Å². The highest BCUT2D eigenvalue weighted by molar-refractivity contribution is 5.67. The van der Waals surface area contributed by atoms with Crippen LogP contribution in [0, 0.1) is 52.3 Å². The Hall–Kier alpha value is -1.15. The van der Waals surface area contributed by atoms with Gasteiger partial charge in [-0.15, -0.1) is 0 Å². The molecule has 3 saturated carbocycles. The first kappa shape index (κ1) is 31.3. The lowest BCUT2D eigenvalue weighted by molar-refractivity contribution is -0.0604. The zero-order valence-corrected chi connectivity index (χ0v) is 26.3. The van der Waals surface area contributed by atoms with Crippen LogP contribution < -0.4 is 5.32 Å².